The molecule has 1 fully saturated rings. The van der Waals surface area contributed by atoms with Crippen LogP contribution in [0.3, 0.4) is 0 Å². The SMILES string of the molecule is NC(=O)c1[c]ccc2oc(CN3CCCC3)nc12. The molecule has 0 saturated carbocycles. The first kappa shape index (κ1) is 11.2. The van der Waals surface area contributed by atoms with Crippen molar-refractivity contribution >= 4 is 17.0 Å². The van der Waals surface area contributed by atoms with Gasteiger partial charge in [0.2, 0.25) is 5.89 Å². The van der Waals surface area contributed by atoms with E-state index in [0.29, 0.717) is 29.1 Å². The number of fused-ring (bicyclic) bond motifs is 1. The Morgan fingerprint density at radius 2 is 2.28 bits per heavy atom. The number of rotatable bonds is 3. The molecule has 5 nitrogen and oxygen atoms in total. The molecule has 18 heavy (non-hydrogen) atoms. The number of hydrogen-bond acceptors (Lipinski definition) is 4. The number of hydrogen-bond donors (Lipinski definition) is 1. The number of carbonyl (C=O) groups is 1. The minimum absolute atomic E-state index is 0.295. The van der Waals surface area contributed by atoms with Crippen LogP contribution in [-0.2, 0) is 6.54 Å². The smallest absolute Gasteiger partial charge is 0.251 e. The molecular formula is C13H14N3O2. The Morgan fingerprint density at radius 1 is 1.50 bits per heavy atom. The van der Waals surface area contributed by atoms with Crippen LogP contribution in [-0.4, -0.2) is 28.9 Å². The number of benzene rings is 1. The predicted molar refractivity (Wildman–Crippen MR) is 65.9 cm³/mol. The number of likely N-dealkylation sites (tertiary alicyclic amines) is 1. The van der Waals surface area contributed by atoms with Gasteiger partial charge in [-0.1, -0.05) is 0 Å². The van der Waals surface area contributed by atoms with Gasteiger partial charge in [0.15, 0.2) is 5.58 Å². The fraction of sp³-hybridized carbons (Fsp3) is 0.385. The summed E-state index contributed by atoms with van der Waals surface area (Å²) in [6.45, 7) is 2.84. The molecule has 0 atom stereocenters. The molecule has 1 amide bonds. The van der Waals surface area contributed by atoms with Gasteiger partial charge in [-0.15, -0.1) is 0 Å². The molecule has 1 radical (unpaired) electrons. The van der Waals surface area contributed by atoms with E-state index in [9.17, 15) is 4.79 Å². The van der Waals surface area contributed by atoms with Gasteiger partial charge in [-0.05, 0) is 44.1 Å². The number of nitrogens with zero attached hydrogens (tertiary/aromatic N) is 2. The van der Waals surface area contributed by atoms with Crippen molar-refractivity contribution in [1.29, 1.82) is 0 Å². The lowest BCUT2D eigenvalue weighted by Crippen LogP contribution is -2.18. The zero-order chi connectivity index (χ0) is 12.5. The van der Waals surface area contributed by atoms with Crippen LogP contribution in [0.4, 0.5) is 0 Å². The lowest BCUT2D eigenvalue weighted by molar-refractivity contribution is 0.100. The predicted octanol–water partition coefficient (Wildman–Crippen LogP) is 1.32. The standard InChI is InChI=1S/C13H14N3O2/c14-13(17)9-4-3-5-10-12(9)15-11(18-10)8-16-6-1-2-7-16/h3,5H,1-2,6-8H2,(H2,14,17). The van der Waals surface area contributed by atoms with Gasteiger partial charge >= 0.3 is 0 Å². The van der Waals surface area contributed by atoms with Crippen LogP contribution in [0.25, 0.3) is 11.1 Å². The molecule has 2 N–H and O–H groups in total. The number of primary amides is 1. The Morgan fingerprint density at radius 3 is 3.00 bits per heavy atom. The van der Waals surface area contributed by atoms with Crippen molar-refractivity contribution in [3.05, 3.63) is 29.7 Å². The van der Waals surface area contributed by atoms with Gasteiger partial charge in [-0.25, -0.2) is 4.98 Å². The maximum atomic E-state index is 11.3. The van der Waals surface area contributed by atoms with Gasteiger partial charge in [0, 0.05) is 0 Å². The number of aromatic nitrogens is 1. The van der Waals surface area contributed by atoms with E-state index in [1.54, 1.807) is 12.1 Å². The highest BCUT2D eigenvalue weighted by molar-refractivity contribution is 6.03. The molecular weight excluding hydrogens is 230 g/mol. The third-order valence-corrected chi connectivity index (χ3v) is 3.20. The maximum absolute atomic E-state index is 11.3. The molecule has 1 aromatic carbocycles. The lowest BCUT2D eigenvalue weighted by atomic mass is 10.2. The minimum Gasteiger partial charge on any atom is -0.439 e. The van der Waals surface area contributed by atoms with Crippen molar-refractivity contribution < 1.29 is 9.21 Å². The molecule has 0 aliphatic carbocycles. The summed E-state index contributed by atoms with van der Waals surface area (Å²) in [6.07, 6.45) is 2.45. The van der Waals surface area contributed by atoms with Crippen molar-refractivity contribution in [3.63, 3.8) is 0 Å². The zero-order valence-corrected chi connectivity index (χ0v) is 9.98. The van der Waals surface area contributed by atoms with Crippen LogP contribution in [0.15, 0.2) is 16.5 Å². The quantitative estimate of drug-likeness (QED) is 0.883. The summed E-state index contributed by atoms with van der Waals surface area (Å²) in [5.74, 6) is 0.107. The van der Waals surface area contributed by atoms with Crippen LogP contribution in [0, 0.1) is 6.07 Å². The molecule has 1 saturated heterocycles. The average molecular weight is 244 g/mol. The topological polar surface area (TPSA) is 72.4 Å². The number of nitrogens with two attached hydrogens (primary N) is 1. The van der Waals surface area contributed by atoms with Gasteiger partial charge in [0.25, 0.3) is 5.91 Å². The van der Waals surface area contributed by atoms with Gasteiger partial charge in [-0.3, -0.25) is 9.69 Å². The Hall–Kier alpha value is -1.88. The highest BCUT2D eigenvalue weighted by Crippen LogP contribution is 2.21. The second-order valence-electron chi connectivity index (χ2n) is 4.52. The first-order valence-corrected chi connectivity index (χ1v) is 6.06. The summed E-state index contributed by atoms with van der Waals surface area (Å²) in [6, 6.07) is 6.19. The highest BCUT2D eigenvalue weighted by Gasteiger charge is 2.17. The first-order chi connectivity index (χ1) is 8.74. The summed E-state index contributed by atoms with van der Waals surface area (Å²) in [7, 11) is 0. The fourth-order valence-electron chi connectivity index (χ4n) is 2.33. The van der Waals surface area contributed by atoms with Crippen LogP contribution >= 0.6 is 0 Å². The van der Waals surface area contributed by atoms with Crippen LogP contribution < -0.4 is 5.73 Å². The second-order valence-corrected chi connectivity index (χ2v) is 4.52. The van der Waals surface area contributed by atoms with Crippen molar-refractivity contribution in [2.75, 3.05) is 13.1 Å². The molecule has 2 heterocycles. The Labute approximate surface area is 105 Å². The molecule has 1 aliphatic heterocycles. The first-order valence-electron chi connectivity index (χ1n) is 6.06. The lowest BCUT2D eigenvalue weighted by Gasteiger charge is -2.10. The van der Waals surface area contributed by atoms with Gasteiger partial charge < -0.3 is 10.2 Å². The summed E-state index contributed by atoms with van der Waals surface area (Å²) < 4.78 is 5.64. The van der Waals surface area contributed by atoms with Crippen LogP contribution in [0.5, 0.6) is 0 Å². The van der Waals surface area contributed by atoms with Gasteiger partial charge in [-0.2, -0.15) is 0 Å². The van der Waals surface area contributed by atoms with E-state index in [2.05, 4.69) is 16.0 Å². The summed E-state index contributed by atoms with van der Waals surface area (Å²) in [5, 5.41) is 0. The Balaban J connectivity index is 1.94. The van der Waals surface area contributed by atoms with Crippen molar-refractivity contribution in [1.82, 2.24) is 9.88 Å². The monoisotopic (exact) mass is 244 g/mol. The maximum Gasteiger partial charge on any atom is 0.251 e. The fourth-order valence-corrected chi connectivity index (χ4v) is 2.33. The Kier molecular flexibility index (Phi) is 2.76. The number of amides is 1. The van der Waals surface area contributed by atoms with Gasteiger partial charge in [0.05, 0.1) is 12.1 Å². The normalized spacial score (nSPS) is 16.4. The minimum atomic E-state index is -0.526. The van der Waals surface area contributed by atoms with Crippen LogP contribution in [0.1, 0.15) is 29.1 Å². The summed E-state index contributed by atoms with van der Waals surface area (Å²) in [4.78, 5) is 17.9. The molecule has 1 aromatic heterocycles. The van der Waals surface area contributed by atoms with Crippen LogP contribution in [0.2, 0.25) is 0 Å². The molecule has 1 aliphatic rings. The van der Waals surface area contributed by atoms with Crippen molar-refractivity contribution in [2.24, 2.45) is 5.73 Å². The summed E-state index contributed by atoms with van der Waals surface area (Å²) in [5.41, 5.74) is 6.69. The van der Waals surface area contributed by atoms with E-state index in [-0.39, 0.29) is 0 Å². The van der Waals surface area contributed by atoms with E-state index >= 15 is 0 Å². The van der Waals surface area contributed by atoms with E-state index in [1.165, 1.54) is 12.8 Å². The third-order valence-electron chi connectivity index (χ3n) is 3.20. The molecule has 93 valence electrons. The molecule has 0 spiro atoms. The molecule has 0 unspecified atom stereocenters. The van der Waals surface area contributed by atoms with Gasteiger partial charge in [0.1, 0.15) is 5.52 Å². The third kappa shape index (κ3) is 1.97. The molecule has 5 heteroatoms. The van der Waals surface area contributed by atoms with Crippen molar-refractivity contribution in [2.45, 2.75) is 19.4 Å². The molecule has 3 rings (SSSR count). The van der Waals surface area contributed by atoms with Crippen molar-refractivity contribution in [3.8, 4) is 0 Å². The second kappa shape index (κ2) is 4.42. The van der Waals surface area contributed by atoms with E-state index < -0.39 is 5.91 Å². The summed E-state index contributed by atoms with van der Waals surface area (Å²) >= 11 is 0. The molecule has 0 bridgehead atoms. The zero-order valence-electron chi connectivity index (χ0n) is 9.98. The molecule has 2 aromatic rings. The van der Waals surface area contributed by atoms with E-state index in [1.807, 2.05) is 0 Å². The largest absolute Gasteiger partial charge is 0.439 e. The number of oxazole rings is 1. The average Bonchev–Trinajstić information content (AvgIpc) is 2.96. The Bertz CT molecular complexity index is 585. The van der Waals surface area contributed by atoms with E-state index in [4.69, 9.17) is 10.2 Å². The number of carbonyl (C=O) groups excluding carboxylic acids is 1. The van der Waals surface area contributed by atoms with E-state index in [0.717, 1.165) is 13.1 Å². The highest BCUT2D eigenvalue weighted by atomic mass is 16.3.